The lowest BCUT2D eigenvalue weighted by atomic mass is 10.0. The Morgan fingerprint density at radius 1 is 1.36 bits per heavy atom. The number of aliphatic hydroxyl groups is 1. The minimum atomic E-state index is -0.734. The van der Waals surface area contributed by atoms with Gasteiger partial charge < -0.3 is 14.9 Å². The minimum absolute atomic E-state index is 0.191. The Kier molecular flexibility index (Phi) is 4.04. The highest BCUT2D eigenvalue weighted by atomic mass is 127. The van der Waals surface area contributed by atoms with E-state index >= 15 is 0 Å². The van der Waals surface area contributed by atoms with E-state index in [9.17, 15) is 14.3 Å². The average molecular weight is 457 g/mol. The van der Waals surface area contributed by atoms with Gasteiger partial charge in [-0.25, -0.2) is 16.9 Å². The normalized spacial score (nSPS) is 24.8. The van der Waals surface area contributed by atoms with E-state index < -0.39 is 17.6 Å². The van der Waals surface area contributed by atoms with E-state index in [1.807, 2.05) is 11.9 Å². The molecule has 2 aliphatic rings. The summed E-state index contributed by atoms with van der Waals surface area (Å²) in [6, 6.07) is -0.257. The molecule has 0 radical (unpaired) electrons. The first kappa shape index (κ1) is 16.9. The van der Waals surface area contributed by atoms with Crippen LogP contribution in [0, 0.1) is 12.7 Å². The molecule has 7 nitrogen and oxygen atoms in total. The van der Waals surface area contributed by atoms with Gasteiger partial charge in [-0.05, 0) is 20.0 Å². The number of aryl methyl sites for hydroxylation is 1. The maximum atomic E-state index is 14.8. The van der Waals surface area contributed by atoms with E-state index in [0.717, 1.165) is 6.54 Å². The van der Waals surface area contributed by atoms with Crippen molar-refractivity contribution in [1.29, 1.82) is 0 Å². The number of hydrogen-bond donors (Lipinski definition) is 1. The van der Waals surface area contributed by atoms with Crippen molar-refractivity contribution in [3.8, 4) is 0 Å². The fraction of sp³-hybridized carbons (Fsp3) is 0.438. The number of anilines is 1. The number of rotatable bonds is 0. The highest BCUT2D eigenvalue weighted by Gasteiger charge is 2.34. The second kappa shape index (κ2) is 5.99. The Bertz CT molecular complexity index is 960. The van der Waals surface area contributed by atoms with Crippen LogP contribution in [0.15, 0.2) is 10.9 Å². The van der Waals surface area contributed by atoms with Crippen LogP contribution in [-0.4, -0.2) is 61.6 Å². The maximum absolute atomic E-state index is 14.8. The number of hydrogen-bond acceptors (Lipinski definition) is 6. The van der Waals surface area contributed by atoms with Crippen molar-refractivity contribution in [2.75, 3.05) is 31.6 Å². The predicted octanol–water partition coefficient (Wildman–Crippen LogP) is 0.945. The van der Waals surface area contributed by atoms with Gasteiger partial charge in [0, 0.05) is 19.6 Å². The quantitative estimate of drug-likeness (QED) is 0.594. The highest BCUT2D eigenvalue weighted by molar-refractivity contribution is 14.1. The van der Waals surface area contributed by atoms with Gasteiger partial charge in [-0.2, -0.15) is 4.98 Å². The Balaban J connectivity index is 2.11. The molecule has 9 heteroatoms. The zero-order valence-corrected chi connectivity index (χ0v) is 15.9. The van der Waals surface area contributed by atoms with Crippen LogP contribution in [0.2, 0.25) is 0 Å². The number of pyridine rings is 1. The van der Waals surface area contributed by atoms with E-state index in [2.05, 4.69) is 14.9 Å². The monoisotopic (exact) mass is 457 g/mol. The molecule has 2 aliphatic heterocycles. The Morgan fingerprint density at radius 2 is 2.12 bits per heavy atom. The molecule has 0 amide bonds. The van der Waals surface area contributed by atoms with Crippen LogP contribution in [0.25, 0.3) is 17.0 Å². The molecule has 0 aliphatic carbocycles. The summed E-state index contributed by atoms with van der Waals surface area (Å²) in [7, 11) is 1.98. The average Bonchev–Trinajstić information content (AvgIpc) is 2.58. The Labute approximate surface area is 157 Å². The zero-order chi connectivity index (χ0) is 17.9. The van der Waals surface area contributed by atoms with Crippen molar-refractivity contribution in [3.63, 3.8) is 0 Å². The molecule has 4 heterocycles. The van der Waals surface area contributed by atoms with E-state index in [4.69, 9.17) is 0 Å². The minimum Gasteiger partial charge on any atom is -0.387 e. The van der Waals surface area contributed by atoms with Crippen molar-refractivity contribution < 1.29 is 9.50 Å². The SMILES string of the molecule is Cc1nc2c3c(nc(=O)n(I)c3c1F)N1CCN(C)CC1C(O)/C=C\2. The summed E-state index contributed by atoms with van der Waals surface area (Å²) in [6.07, 6.45) is 2.64. The van der Waals surface area contributed by atoms with Gasteiger partial charge in [0.15, 0.2) is 5.82 Å². The first-order valence-electron chi connectivity index (χ1n) is 7.99. The number of nitrogens with zero attached hydrogens (tertiary/aromatic N) is 5. The summed E-state index contributed by atoms with van der Waals surface area (Å²) in [6.45, 7) is 3.54. The van der Waals surface area contributed by atoms with Gasteiger partial charge in [0.25, 0.3) is 0 Å². The van der Waals surface area contributed by atoms with E-state index in [-0.39, 0.29) is 17.3 Å². The van der Waals surface area contributed by atoms with Crippen molar-refractivity contribution in [2.24, 2.45) is 0 Å². The number of aliphatic hydroxyl groups excluding tert-OH is 1. The molecule has 0 spiro atoms. The van der Waals surface area contributed by atoms with Gasteiger partial charge in [0.05, 0.1) is 51.8 Å². The van der Waals surface area contributed by atoms with Gasteiger partial charge in [-0.3, -0.25) is 0 Å². The molecule has 4 rings (SSSR count). The van der Waals surface area contributed by atoms with Crippen molar-refractivity contribution >= 4 is 45.7 Å². The standard InChI is InChI=1S/C16H17FIN5O2/c1-8-13(17)14-12-9(19-8)3-4-11(24)10-7-21(2)5-6-22(10)15(12)20-16(25)23(14)18/h3-4,10-11,24H,5-7H2,1-2H3/b4-3-. The lowest BCUT2D eigenvalue weighted by Crippen LogP contribution is -2.57. The first-order valence-corrected chi connectivity index (χ1v) is 8.95. The highest BCUT2D eigenvalue weighted by Crippen LogP contribution is 2.34. The van der Waals surface area contributed by atoms with Gasteiger partial charge in [-0.1, -0.05) is 6.08 Å². The number of likely N-dealkylation sites (N-methyl/N-ethyl adjacent to an activating group) is 1. The summed E-state index contributed by atoms with van der Waals surface area (Å²) < 4.78 is 16.0. The van der Waals surface area contributed by atoms with Crippen LogP contribution < -0.4 is 10.6 Å². The number of piperazine rings is 1. The van der Waals surface area contributed by atoms with Crippen molar-refractivity contribution in [3.05, 3.63) is 33.8 Å². The second-order valence-corrected chi connectivity index (χ2v) is 7.46. The third-order valence-electron chi connectivity index (χ3n) is 4.84. The topological polar surface area (TPSA) is 74.5 Å². The number of aromatic nitrogens is 3. The summed E-state index contributed by atoms with van der Waals surface area (Å²) in [5.74, 6) is -0.120. The molecule has 2 atom stereocenters. The van der Waals surface area contributed by atoms with Crippen LogP contribution in [-0.2, 0) is 0 Å². The molecule has 132 valence electrons. The molecular weight excluding hydrogens is 440 g/mol. The predicted molar refractivity (Wildman–Crippen MR) is 102 cm³/mol. The molecule has 0 bridgehead atoms. The van der Waals surface area contributed by atoms with Crippen LogP contribution in [0.5, 0.6) is 0 Å². The summed E-state index contributed by atoms with van der Waals surface area (Å²) in [4.78, 5) is 24.9. The number of halogens is 2. The summed E-state index contributed by atoms with van der Waals surface area (Å²) >= 11 is 1.77. The fourth-order valence-electron chi connectivity index (χ4n) is 3.53. The van der Waals surface area contributed by atoms with Gasteiger partial charge in [0.2, 0.25) is 0 Å². The fourth-order valence-corrected chi connectivity index (χ4v) is 4.09. The van der Waals surface area contributed by atoms with E-state index in [1.54, 1.807) is 41.9 Å². The summed E-state index contributed by atoms with van der Waals surface area (Å²) in [5, 5.41) is 11.1. The maximum Gasteiger partial charge on any atom is 0.359 e. The third kappa shape index (κ3) is 2.56. The summed E-state index contributed by atoms with van der Waals surface area (Å²) in [5.41, 5.74) is 0.379. The molecule has 25 heavy (non-hydrogen) atoms. The third-order valence-corrected chi connectivity index (χ3v) is 5.73. The molecule has 1 saturated heterocycles. The van der Waals surface area contributed by atoms with E-state index in [0.29, 0.717) is 30.0 Å². The van der Waals surface area contributed by atoms with Crippen molar-refractivity contribution in [1.82, 2.24) is 17.6 Å². The van der Waals surface area contributed by atoms with E-state index in [1.165, 1.54) is 2.78 Å². The molecule has 1 fully saturated rings. The zero-order valence-electron chi connectivity index (χ0n) is 13.8. The Morgan fingerprint density at radius 3 is 2.88 bits per heavy atom. The molecule has 0 saturated carbocycles. The van der Waals surface area contributed by atoms with Crippen LogP contribution in [0.4, 0.5) is 10.2 Å². The first-order chi connectivity index (χ1) is 11.9. The number of fused-ring (bicyclic) bond motifs is 2. The van der Waals surface area contributed by atoms with Crippen LogP contribution in [0.3, 0.4) is 0 Å². The van der Waals surface area contributed by atoms with Gasteiger partial charge >= 0.3 is 5.69 Å². The van der Waals surface area contributed by atoms with Crippen LogP contribution in [0.1, 0.15) is 11.4 Å². The van der Waals surface area contributed by atoms with Crippen molar-refractivity contribution in [2.45, 2.75) is 19.1 Å². The lowest BCUT2D eigenvalue weighted by molar-refractivity contribution is 0.141. The van der Waals surface area contributed by atoms with Gasteiger partial charge in [-0.15, -0.1) is 0 Å². The molecule has 2 aromatic heterocycles. The smallest absolute Gasteiger partial charge is 0.359 e. The molecule has 0 aromatic carbocycles. The molecule has 2 aromatic rings. The second-order valence-electron chi connectivity index (χ2n) is 6.49. The van der Waals surface area contributed by atoms with Crippen LogP contribution >= 0.6 is 22.9 Å². The Hall–Kier alpha value is -1.59. The molecule has 2 unspecified atom stereocenters. The largest absolute Gasteiger partial charge is 0.387 e. The van der Waals surface area contributed by atoms with Gasteiger partial charge in [0.1, 0.15) is 11.3 Å². The molecular formula is C16H17FIN5O2. The molecule has 1 N–H and O–H groups in total. The lowest BCUT2D eigenvalue weighted by Gasteiger charge is -2.43.